The average Bonchev–Trinajstić information content (AvgIpc) is 0.984. The number of aliphatic hydroxyl groups is 4. The second-order valence-corrected chi connectivity index (χ2v) is 27.2. The molecule has 584 valence electrons. The van der Waals surface area contributed by atoms with Gasteiger partial charge < -0.3 is 41.5 Å². The number of piperazine rings is 2. The largest absolute Gasteiger partial charge is 1.00 e. The SMILES string of the molecule is C.CC[C@@H](C(C)C)n1cnc(-c2ccc(N3CCN(c4ccc(-c5ccc(C(F)(F)[C@](O)(Cn6cnnn6)c6ccc(F)cc6F)nc5)cc4)CC3)cc2)n1.CC[C@@H]([C@H](C)O)n1cnc(-c2ccc(N3CCN(c4ccc(-c5ccc(C(F)(F)[C@](O)(Cn6cnnn6)c6ccc(F)cc6F)nc5)cc4)CC3)cc2)n1.CO.[3H-].[K+]. The third-order valence-corrected chi connectivity index (χ3v) is 20.1. The van der Waals surface area contributed by atoms with Gasteiger partial charge in [0.25, 0.3) is 0 Å². The summed E-state index contributed by atoms with van der Waals surface area (Å²) in [5.41, 5.74) is -0.927. The number of benzene rings is 6. The van der Waals surface area contributed by atoms with Gasteiger partial charge in [-0.3, -0.25) is 9.97 Å². The predicted octanol–water partition coefficient (Wildman–Crippen LogP) is 9.86. The molecule has 0 amide bonds. The number of alkyl halides is 4. The van der Waals surface area contributed by atoms with Crippen molar-refractivity contribution in [3.8, 4) is 45.0 Å². The summed E-state index contributed by atoms with van der Waals surface area (Å²) in [6.45, 7) is 14.9. The van der Waals surface area contributed by atoms with Gasteiger partial charge in [-0.15, -0.1) is 10.2 Å². The molecule has 2 fully saturated rings. The quantitative estimate of drug-likeness (QED) is 0.0324. The number of anilines is 4. The second kappa shape index (κ2) is 36.8. The molecule has 33 heteroatoms. The Morgan fingerprint density at radius 1 is 0.429 bits per heavy atom. The zero-order chi connectivity index (χ0) is 78.1. The smallest absolute Gasteiger partial charge is 1.00 e. The first-order valence-electron chi connectivity index (χ1n) is 35.8. The molecule has 6 aromatic heterocycles. The maximum atomic E-state index is 16.2. The van der Waals surface area contributed by atoms with Gasteiger partial charge in [0.1, 0.15) is 60.0 Å². The monoisotopic (exact) mass is 1570 g/mol. The Hall–Kier alpha value is -9.84. The van der Waals surface area contributed by atoms with Crippen LogP contribution in [0.5, 0.6) is 0 Å². The number of aliphatic hydroxyl groups excluding tert-OH is 2. The molecule has 14 rings (SSSR count). The van der Waals surface area contributed by atoms with E-state index in [2.05, 4.69) is 133 Å². The number of aromatic nitrogens is 16. The summed E-state index contributed by atoms with van der Waals surface area (Å²) in [4.78, 5) is 26.2. The minimum Gasteiger partial charge on any atom is -1.00 e. The molecule has 0 aliphatic carbocycles. The topological polar surface area (TPSA) is 268 Å². The van der Waals surface area contributed by atoms with Crippen LogP contribution < -0.4 is 71.0 Å². The molecule has 4 N–H and O–H groups in total. The van der Waals surface area contributed by atoms with Crippen molar-refractivity contribution in [2.75, 3.05) is 79.1 Å². The molecule has 2 aliphatic rings. The molecule has 0 radical (unpaired) electrons. The van der Waals surface area contributed by atoms with Crippen LogP contribution in [0.15, 0.2) is 195 Å². The Morgan fingerprint density at radius 3 is 1.03 bits per heavy atom. The molecule has 6 aromatic carbocycles. The van der Waals surface area contributed by atoms with E-state index < -0.39 is 88.0 Å². The van der Waals surface area contributed by atoms with Gasteiger partial charge in [0.2, 0.25) is 0 Å². The average molecular weight is 1570 g/mol. The maximum Gasteiger partial charge on any atom is 1.00 e. The Balaban J connectivity index is 0.000000247. The van der Waals surface area contributed by atoms with Crippen LogP contribution in [0.2, 0.25) is 0 Å². The summed E-state index contributed by atoms with van der Waals surface area (Å²) in [7, 11) is 1.00. The normalized spacial score (nSPS) is 15.2. The predicted molar refractivity (Wildman–Crippen MR) is 404 cm³/mol. The van der Waals surface area contributed by atoms with Gasteiger partial charge in [-0.2, -0.15) is 27.8 Å². The zero-order valence-electron chi connectivity index (χ0n) is 63.0. The van der Waals surface area contributed by atoms with Gasteiger partial charge >= 0.3 is 63.2 Å². The third kappa shape index (κ3) is 18.3. The van der Waals surface area contributed by atoms with E-state index in [1.54, 1.807) is 17.9 Å². The number of rotatable bonds is 24. The van der Waals surface area contributed by atoms with Gasteiger partial charge in [-0.1, -0.05) is 71.5 Å². The molecule has 0 saturated carbocycles. The van der Waals surface area contributed by atoms with E-state index in [0.717, 1.165) is 182 Å². The first-order chi connectivity index (χ1) is 52.9. The van der Waals surface area contributed by atoms with Crippen molar-refractivity contribution in [1.29, 1.82) is 0 Å². The summed E-state index contributed by atoms with van der Waals surface area (Å²) < 4.78 is 127. The Kier molecular flexibility index (Phi) is 27.8. The van der Waals surface area contributed by atoms with E-state index in [1.165, 1.54) is 24.5 Å². The molecule has 0 unspecified atom stereocenters. The van der Waals surface area contributed by atoms with Crippen molar-refractivity contribution in [3.63, 3.8) is 0 Å². The fourth-order valence-electron chi connectivity index (χ4n) is 13.9. The zero-order valence-corrected chi connectivity index (χ0v) is 65.1. The number of nitrogens with zero attached hydrogens (tertiary/aromatic N) is 20. The Morgan fingerprint density at radius 2 is 0.750 bits per heavy atom. The van der Waals surface area contributed by atoms with E-state index in [4.69, 9.17) is 10.2 Å². The number of tetrazole rings is 2. The fourth-order valence-corrected chi connectivity index (χ4v) is 13.9. The first-order valence-corrected chi connectivity index (χ1v) is 35.8. The standard InChI is InChI=1S/C39H40F4N10O.C38H38F4N10O2.CH4O.CH4.K.H/c1-4-35(26(2)3)53-24-45-37(47-53)28-7-13-32(14-8-28)51-19-17-50(18-20-51)31-11-5-27(6-12-31)29-9-16-36(44-22-29)39(42,43)38(54,23-52-25-46-48-49-52)33-15-10-30(40)21-34(33)41;1-3-34(25(2)53)52-23-44-36(46-52)27-6-12-31(13-7-27)50-18-16-49(17-19-50)30-10-4-26(5-11-30)28-8-15-35(43-21-28)38(41,42)37(54,22-51-24-45-47-48-51)32-14-9-29(39)20-33(32)40;1-2;;;/h5-16,21-22,24-26,35,54H,4,17-20,23H2,1-3H3;4-15,20-21,23-25,34,53-54H,3,16-19,22H2,1-2H3;2H,1H3;1H4;;/q;;;;+1;-1/t35-,38-;25-,34-,37-;;;;/m00..../s1/i;;;;;1+2. The summed E-state index contributed by atoms with van der Waals surface area (Å²) in [5, 5.41) is 70.0. The molecule has 112 heavy (non-hydrogen) atoms. The molecular formula is C79H87F8KN20O4. The molecule has 5 atom stereocenters. The first kappa shape index (κ1) is 84.6. The number of hydrogen-bond donors (Lipinski definition) is 4. The van der Waals surface area contributed by atoms with Crippen molar-refractivity contribution >= 4 is 22.7 Å². The number of pyridine rings is 2. The minimum absolute atomic E-state index is 0. The van der Waals surface area contributed by atoms with E-state index in [-0.39, 0.29) is 66.3 Å². The van der Waals surface area contributed by atoms with Crippen LogP contribution in [-0.2, 0) is 36.1 Å². The van der Waals surface area contributed by atoms with Gasteiger partial charge in [-0.05, 0) is 167 Å². The fraction of sp³-hybridized carbons (Fsp3) is 0.342. The van der Waals surface area contributed by atoms with Crippen molar-refractivity contribution < 1.29 is 108 Å². The molecule has 2 saturated heterocycles. The van der Waals surface area contributed by atoms with E-state index >= 15 is 17.6 Å². The van der Waals surface area contributed by atoms with Crippen LogP contribution in [0.4, 0.5) is 57.9 Å². The second-order valence-electron chi connectivity index (χ2n) is 27.2. The number of hydrogen-bond acceptors (Lipinski definition) is 20. The van der Waals surface area contributed by atoms with Crippen LogP contribution in [0.3, 0.4) is 0 Å². The Labute approximate surface area is 686 Å². The summed E-state index contributed by atoms with van der Waals surface area (Å²) >= 11 is 0. The molecule has 0 spiro atoms. The van der Waals surface area contributed by atoms with E-state index in [9.17, 15) is 32.9 Å². The Bertz CT molecular complexity index is 4640. The van der Waals surface area contributed by atoms with Crippen LogP contribution in [0, 0.1) is 29.2 Å². The van der Waals surface area contributed by atoms with Crippen molar-refractivity contribution in [2.45, 2.75) is 109 Å². The minimum atomic E-state index is -4.15. The van der Waals surface area contributed by atoms with Gasteiger partial charge in [0.15, 0.2) is 22.9 Å². The summed E-state index contributed by atoms with van der Waals surface area (Å²) in [6.07, 6.45) is 9.24. The molecule has 8 heterocycles. The molecule has 12 aromatic rings. The van der Waals surface area contributed by atoms with E-state index in [1.807, 2.05) is 78.6 Å². The summed E-state index contributed by atoms with van der Waals surface area (Å²) in [5.74, 6) is -11.1. The van der Waals surface area contributed by atoms with Crippen molar-refractivity contribution in [2.24, 2.45) is 5.92 Å². The molecule has 2 aliphatic heterocycles. The van der Waals surface area contributed by atoms with Crippen molar-refractivity contribution in [3.05, 3.63) is 241 Å². The third-order valence-electron chi connectivity index (χ3n) is 20.1. The van der Waals surface area contributed by atoms with Crippen LogP contribution in [-0.4, -0.2) is 166 Å². The maximum absolute atomic E-state index is 16.2. The van der Waals surface area contributed by atoms with Crippen LogP contribution >= 0.6 is 0 Å². The molecule has 0 bridgehead atoms. The van der Waals surface area contributed by atoms with Crippen molar-refractivity contribution in [1.82, 2.24) is 79.9 Å². The van der Waals surface area contributed by atoms with Crippen LogP contribution in [0.1, 0.15) is 90.9 Å². The van der Waals surface area contributed by atoms with Gasteiger partial charge in [0.05, 0.1) is 31.3 Å². The molecule has 24 nitrogen and oxygen atoms in total. The van der Waals surface area contributed by atoms with Crippen LogP contribution in [0.25, 0.3) is 45.0 Å². The van der Waals surface area contributed by atoms with E-state index in [0.29, 0.717) is 41.0 Å². The van der Waals surface area contributed by atoms with Gasteiger partial charge in [0, 0.05) is 140 Å². The summed E-state index contributed by atoms with van der Waals surface area (Å²) in [6, 6.07) is 41.3. The van der Waals surface area contributed by atoms with Gasteiger partial charge in [-0.25, -0.2) is 46.3 Å². The molecular weight excluding hydrogens is 1480 g/mol. The number of halogens is 8.